The molecule has 2 aromatic carbocycles. The Morgan fingerprint density at radius 3 is 2.45 bits per heavy atom. The maximum atomic E-state index is 13.4. The maximum Gasteiger partial charge on any atom is 0.276 e. The van der Waals surface area contributed by atoms with Crippen molar-refractivity contribution in [3.05, 3.63) is 82.4 Å². The Kier molecular flexibility index (Phi) is 4.75. The number of rotatable bonds is 5. The van der Waals surface area contributed by atoms with Crippen molar-refractivity contribution < 1.29 is 18.3 Å². The fraction of sp³-hybridized carbons (Fsp3) is 0.143. The molecule has 29 heavy (non-hydrogen) atoms. The minimum Gasteiger partial charge on any atom is -0.493 e. The second-order valence-electron chi connectivity index (χ2n) is 6.41. The molecule has 0 aliphatic rings. The van der Waals surface area contributed by atoms with E-state index >= 15 is 0 Å². The molecule has 0 atom stereocenters. The van der Waals surface area contributed by atoms with Crippen molar-refractivity contribution in [1.82, 2.24) is 14.2 Å². The van der Waals surface area contributed by atoms with Crippen molar-refractivity contribution in [3.8, 4) is 22.8 Å². The number of benzene rings is 2. The van der Waals surface area contributed by atoms with Crippen LogP contribution in [0.5, 0.6) is 11.5 Å². The average molecular weight is 397 g/mol. The van der Waals surface area contributed by atoms with Crippen molar-refractivity contribution in [3.63, 3.8) is 0 Å². The Hall–Kier alpha value is -3.68. The first kappa shape index (κ1) is 18.7. The molecule has 0 aliphatic carbocycles. The Morgan fingerprint density at radius 2 is 1.72 bits per heavy atom. The molecule has 0 fully saturated rings. The van der Waals surface area contributed by atoms with Gasteiger partial charge in [0.2, 0.25) is 0 Å². The van der Waals surface area contributed by atoms with Gasteiger partial charge < -0.3 is 14.0 Å². The summed E-state index contributed by atoms with van der Waals surface area (Å²) in [5.74, 6) is -0.727. The molecular formula is C21H17F2N3O3. The van der Waals surface area contributed by atoms with Crippen LogP contribution in [0.25, 0.3) is 16.8 Å². The quantitative estimate of drug-likeness (QED) is 0.517. The molecule has 0 unspecified atom stereocenters. The van der Waals surface area contributed by atoms with Crippen LogP contribution in [0.3, 0.4) is 0 Å². The minimum absolute atomic E-state index is 0.114. The summed E-state index contributed by atoms with van der Waals surface area (Å²) in [6.45, 7) is 0.114. The van der Waals surface area contributed by atoms with Gasteiger partial charge in [-0.25, -0.2) is 13.3 Å². The first-order valence-corrected chi connectivity index (χ1v) is 8.75. The average Bonchev–Trinajstić information content (AvgIpc) is 3.17. The monoisotopic (exact) mass is 397 g/mol. The molecule has 0 N–H and O–H groups in total. The Bertz CT molecular complexity index is 1260. The third-order valence-corrected chi connectivity index (χ3v) is 4.62. The fourth-order valence-corrected chi connectivity index (χ4v) is 3.12. The van der Waals surface area contributed by atoms with E-state index in [0.717, 1.165) is 17.7 Å². The highest BCUT2D eigenvalue weighted by Crippen LogP contribution is 2.31. The van der Waals surface area contributed by atoms with Gasteiger partial charge in [-0.3, -0.25) is 4.79 Å². The maximum absolute atomic E-state index is 13.4. The van der Waals surface area contributed by atoms with Crippen LogP contribution in [0.15, 0.2) is 59.7 Å². The molecule has 0 spiro atoms. The lowest BCUT2D eigenvalue weighted by Crippen LogP contribution is -2.21. The molecule has 0 aliphatic heterocycles. The van der Waals surface area contributed by atoms with E-state index in [1.807, 2.05) is 6.07 Å². The number of hydrogen-bond acceptors (Lipinski definition) is 4. The molecular weight excluding hydrogens is 380 g/mol. The van der Waals surface area contributed by atoms with Crippen molar-refractivity contribution in [1.29, 1.82) is 0 Å². The van der Waals surface area contributed by atoms with Crippen molar-refractivity contribution >= 4 is 5.52 Å². The molecule has 0 bridgehead atoms. The summed E-state index contributed by atoms with van der Waals surface area (Å²) in [7, 11) is 3.10. The smallest absolute Gasteiger partial charge is 0.276 e. The minimum atomic E-state index is -0.947. The van der Waals surface area contributed by atoms with Crippen LogP contribution in [0.1, 0.15) is 5.56 Å². The van der Waals surface area contributed by atoms with Gasteiger partial charge in [-0.15, -0.1) is 0 Å². The predicted molar refractivity (Wildman–Crippen MR) is 103 cm³/mol. The molecule has 0 radical (unpaired) electrons. The first-order chi connectivity index (χ1) is 14.0. The lowest BCUT2D eigenvalue weighted by molar-refractivity contribution is 0.355. The second kappa shape index (κ2) is 7.38. The van der Waals surface area contributed by atoms with E-state index in [9.17, 15) is 13.6 Å². The second-order valence-corrected chi connectivity index (χ2v) is 6.41. The van der Waals surface area contributed by atoms with Gasteiger partial charge in [-0.2, -0.15) is 5.10 Å². The zero-order chi connectivity index (χ0) is 20.5. The van der Waals surface area contributed by atoms with Gasteiger partial charge in [0.05, 0.1) is 26.5 Å². The normalized spacial score (nSPS) is 11.0. The summed E-state index contributed by atoms with van der Waals surface area (Å²) < 4.78 is 40.0. The van der Waals surface area contributed by atoms with Gasteiger partial charge in [0.1, 0.15) is 5.52 Å². The fourth-order valence-electron chi connectivity index (χ4n) is 3.12. The summed E-state index contributed by atoms with van der Waals surface area (Å²) in [6, 6.07) is 10.6. The van der Waals surface area contributed by atoms with E-state index < -0.39 is 11.6 Å². The molecule has 6 nitrogen and oxygen atoms in total. The number of hydrogen-bond donors (Lipinski definition) is 0. The molecule has 0 saturated carbocycles. The first-order valence-electron chi connectivity index (χ1n) is 8.75. The molecule has 4 aromatic rings. The molecule has 0 amide bonds. The highest BCUT2D eigenvalue weighted by atomic mass is 19.2. The van der Waals surface area contributed by atoms with Crippen LogP contribution in [0.4, 0.5) is 8.78 Å². The summed E-state index contributed by atoms with van der Waals surface area (Å²) >= 11 is 0. The third kappa shape index (κ3) is 3.44. The Labute approximate surface area is 164 Å². The molecule has 148 valence electrons. The van der Waals surface area contributed by atoms with Crippen LogP contribution >= 0.6 is 0 Å². The van der Waals surface area contributed by atoms with E-state index in [2.05, 4.69) is 5.10 Å². The highest BCUT2D eigenvalue weighted by Gasteiger charge is 2.12. The predicted octanol–water partition coefficient (Wildman–Crippen LogP) is 3.51. The summed E-state index contributed by atoms with van der Waals surface area (Å²) in [5, 5.41) is 4.45. The number of nitrogens with zero attached hydrogens (tertiary/aromatic N) is 3. The van der Waals surface area contributed by atoms with Crippen molar-refractivity contribution in [2.24, 2.45) is 0 Å². The number of halogens is 2. The molecule has 8 heteroatoms. The van der Waals surface area contributed by atoms with Crippen LogP contribution in [-0.2, 0) is 6.54 Å². The van der Waals surface area contributed by atoms with Crippen molar-refractivity contribution in [2.45, 2.75) is 6.54 Å². The molecule has 0 saturated heterocycles. The number of fused-ring (bicyclic) bond motifs is 1. The van der Waals surface area contributed by atoms with Gasteiger partial charge in [0.15, 0.2) is 23.1 Å². The van der Waals surface area contributed by atoms with Gasteiger partial charge in [0, 0.05) is 18.0 Å². The SMILES string of the molecule is COc1ccc(-c2cc3c(=O)n(Cc4ccc(F)c(F)c4)ccn3n2)cc1OC. The van der Waals surface area contributed by atoms with Gasteiger partial charge in [-0.1, -0.05) is 6.07 Å². The highest BCUT2D eigenvalue weighted by molar-refractivity contribution is 5.68. The van der Waals surface area contributed by atoms with Crippen LogP contribution in [-0.4, -0.2) is 28.4 Å². The largest absolute Gasteiger partial charge is 0.493 e. The third-order valence-electron chi connectivity index (χ3n) is 4.62. The van der Waals surface area contributed by atoms with Crippen molar-refractivity contribution in [2.75, 3.05) is 14.2 Å². The van der Waals surface area contributed by atoms with Crippen LogP contribution < -0.4 is 15.0 Å². The number of methoxy groups -OCH3 is 2. The van der Waals surface area contributed by atoms with E-state index in [4.69, 9.17) is 9.47 Å². The van der Waals surface area contributed by atoms with Crippen LogP contribution in [0.2, 0.25) is 0 Å². The standard InChI is InChI=1S/C21H17F2N3O3/c1-28-19-6-4-14(10-20(19)29-2)17-11-18-21(27)25(7-8-26(18)24-17)12-13-3-5-15(22)16(23)9-13/h3-11H,12H2,1-2H3. The Morgan fingerprint density at radius 1 is 0.931 bits per heavy atom. The van der Waals surface area contributed by atoms with E-state index in [1.165, 1.54) is 15.1 Å². The van der Waals surface area contributed by atoms with Gasteiger partial charge >= 0.3 is 0 Å². The number of aromatic nitrogens is 3. The van der Waals surface area contributed by atoms with E-state index in [1.54, 1.807) is 44.8 Å². The lowest BCUT2D eigenvalue weighted by Gasteiger charge is -2.08. The summed E-state index contributed by atoms with van der Waals surface area (Å²) in [4.78, 5) is 12.8. The van der Waals surface area contributed by atoms with Gasteiger partial charge in [-0.05, 0) is 42.0 Å². The molecule has 2 heterocycles. The van der Waals surface area contributed by atoms with E-state index in [-0.39, 0.29) is 12.1 Å². The Balaban J connectivity index is 1.72. The molecule has 4 rings (SSSR count). The van der Waals surface area contributed by atoms with Gasteiger partial charge in [0.25, 0.3) is 5.56 Å². The summed E-state index contributed by atoms with van der Waals surface area (Å²) in [5.41, 5.74) is 1.90. The zero-order valence-corrected chi connectivity index (χ0v) is 15.7. The molecule has 2 aromatic heterocycles. The topological polar surface area (TPSA) is 57.8 Å². The zero-order valence-electron chi connectivity index (χ0n) is 15.7. The summed E-state index contributed by atoms with van der Waals surface area (Å²) in [6.07, 6.45) is 3.20. The van der Waals surface area contributed by atoms with Crippen LogP contribution in [0, 0.1) is 11.6 Å². The van der Waals surface area contributed by atoms with E-state index in [0.29, 0.717) is 28.3 Å². The number of ether oxygens (including phenoxy) is 2. The lowest BCUT2D eigenvalue weighted by atomic mass is 10.1.